The number of hydrogen-bond acceptors (Lipinski definition) is 5. The number of fused-ring (bicyclic) bond motifs is 2. The van der Waals surface area contributed by atoms with Gasteiger partial charge in [-0.1, -0.05) is 18.2 Å². The Bertz CT molecular complexity index is 1050. The molecule has 1 aromatic carbocycles. The van der Waals surface area contributed by atoms with Gasteiger partial charge in [0.2, 0.25) is 5.88 Å². The summed E-state index contributed by atoms with van der Waals surface area (Å²) in [6, 6.07) is 13.3. The van der Waals surface area contributed by atoms with Crippen molar-refractivity contribution >= 4 is 22.5 Å². The smallest absolute Gasteiger partial charge is 0.258 e. The van der Waals surface area contributed by atoms with Gasteiger partial charge in [0.25, 0.3) is 5.91 Å². The summed E-state index contributed by atoms with van der Waals surface area (Å²) < 4.78 is 13.0. The molecule has 4 aromatic rings. The van der Waals surface area contributed by atoms with Crippen LogP contribution in [0.15, 0.2) is 53.1 Å². The number of para-hydroxylation sites is 1. The van der Waals surface area contributed by atoms with Gasteiger partial charge in [-0.05, 0) is 32.0 Å². The molecule has 0 spiro atoms. The molecule has 1 N–H and O–H groups in total. The molecule has 0 saturated carbocycles. The average Bonchev–Trinajstić information content (AvgIpc) is 3.22. The fourth-order valence-corrected chi connectivity index (χ4v) is 2.71. The van der Waals surface area contributed by atoms with Crippen molar-refractivity contribution in [1.82, 2.24) is 19.9 Å². The van der Waals surface area contributed by atoms with Gasteiger partial charge in [0, 0.05) is 17.5 Å². The van der Waals surface area contributed by atoms with Crippen LogP contribution in [0.5, 0.6) is 5.88 Å². The molecule has 26 heavy (non-hydrogen) atoms. The summed E-state index contributed by atoms with van der Waals surface area (Å²) in [6.07, 6.45) is 1.70. The van der Waals surface area contributed by atoms with E-state index in [1.165, 1.54) is 0 Å². The van der Waals surface area contributed by atoms with E-state index in [1.807, 2.05) is 44.2 Å². The predicted molar refractivity (Wildman–Crippen MR) is 97.0 cm³/mol. The van der Waals surface area contributed by atoms with E-state index in [9.17, 15) is 4.79 Å². The molecule has 0 bridgehead atoms. The second kappa shape index (κ2) is 6.51. The number of carbonyl (C=O) groups excluding carboxylic acids is 1. The van der Waals surface area contributed by atoms with Gasteiger partial charge in [-0.3, -0.25) is 4.79 Å². The number of aromatic nitrogens is 3. The Morgan fingerprint density at radius 2 is 2.12 bits per heavy atom. The van der Waals surface area contributed by atoms with Crippen molar-refractivity contribution in [1.29, 1.82) is 0 Å². The first-order valence-electron chi connectivity index (χ1n) is 8.36. The van der Waals surface area contributed by atoms with Crippen molar-refractivity contribution < 1.29 is 13.9 Å². The molecule has 7 heteroatoms. The van der Waals surface area contributed by atoms with Crippen LogP contribution in [-0.4, -0.2) is 33.2 Å². The van der Waals surface area contributed by atoms with Crippen LogP contribution in [0.1, 0.15) is 13.8 Å². The molecule has 0 atom stereocenters. The van der Waals surface area contributed by atoms with Crippen molar-refractivity contribution in [2.75, 3.05) is 6.61 Å². The molecule has 0 radical (unpaired) electrons. The Morgan fingerprint density at radius 3 is 2.92 bits per heavy atom. The largest absolute Gasteiger partial charge is 0.467 e. The maximum absolute atomic E-state index is 11.7. The lowest BCUT2D eigenvalue weighted by Gasteiger charge is -2.09. The van der Waals surface area contributed by atoms with Crippen LogP contribution >= 0.6 is 0 Å². The molecule has 3 aromatic heterocycles. The number of imidazole rings is 1. The maximum atomic E-state index is 11.7. The highest BCUT2D eigenvalue weighted by Crippen LogP contribution is 2.28. The highest BCUT2D eigenvalue weighted by molar-refractivity contribution is 5.82. The van der Waals surface area contributed by atoms with Crippen LogP contribution in [0.4, 0.5) is 0 Å². The van der Waals surface area contributed by atoms with E-state index in [-0.39, 0.29) is 18.6 Å². The van der Waals surface area contributed by atoms with E-state index >= 15 is 0 Å². The number of nitrogens with one attached hydrogen (secondary N) is 1. The summed E-state index contributed by atoms with van der Waals surface area (Å²) >= 11 is 0. The van der Waals surface area contributed by atoms with Gasteiger partial charge >= 0.3 is 0 Å². The van der Waals surface area contributed by atoms with Crippen LogP contribution in [0.25, 0.3) is 28.1 Å². The number of nitrogens with zero attached hydrogens (tertiary/aromatic N) is 3. The fourth-order valence-electron chi connectivity index (χ4n) is 2.71. The van der Waals surface area contributed by atoms with E-state index in [4.69, 9.17) is 9.15 Å². The molecule has 7 nitrogen and oxygen atoms in total. The molecule has 132 valence electrons. The maximum Gasteiger partial charge on any atom is 0.258 e. The molecule has 0 saturated heterocycles. The van der Waals surface area contributed by atoms with Gasteiger partial charge in [0.1, 0.15) is 11.3 Å². The van der Waals surface area contributed by atoms with Gasteiger partial charge in [0.05, 0.1) is 6.20 Å². The Labute approximate surface area is 149 Å². The summed E-state index contributed by atoms with van der Waals surface area (Å²) in [4.78, 5) is 16.1. The first kappa shape index (κ1) is 16.1. The second-order valence-electron chi connectivity index (χ2n) is 6.24. The van der Waals surface area contributed by atoms with Gasteiger partial charge in [-0.15, -0.1) is 5.10 Å². The zero-order valence-corrected chi connectivity index (χ0v) is 14.5. The highest BCUT2D eigenvalue weighted by atomic mass is 16.5. The Balaban J connectivity index is 1.63. The zero-order chi connectivity index (χ0) is 18.1. The molecule has 0 aliphatic rings. The van der Waals surface area contributed by atoms with E-state index in [0.29, 0.717) is 23.0 Å². The average molecular weight is 350 g/mol. The molecule has 0 aliphatic heterocycles. The van der Waals surface area contributed by atoms with Crippen LogP contribution in [0.2, 0.25) is 0 Å². The summed E-state index contributed by atoms with van der Waals surface area (Å²) in [5, 5.41) is 8.21. The van der Waals surface area contributed by atoms with Crippen LogP contribution in [-0.2, 0) is 4.79 Å². The number of rotatable bonds is 5. The SMILES string of the molecule is CC(C)NC(=O)COc1ccc2ncc(-c3cc4ccccc4o3)n2n1. The van der Waals surface area contributed by atoms with Gasteiger partial charge in [-0.2, -0.15) is 0 Å². The molecule has 4 rings (SSSR count). The van der Waals surface area contributed by atoms with Crippen molar-refractivity contribution in [2.24, 2.45) is 0 Å². The van der Waals surface area contributed by atoms with Crippen LogP contribution in [0.3, 0.4) is 0 Å². The van der Waals surface area contributed by atoms with E-state index in [0.717, 1.165) is 11.0 Å². The number of benzene rings is 1. The molecule has 0 unspecified atom stereocenters. The monoisotopic (exact) mass is 350 g/mol. The fraction of sp³-hybridized carbons (Fsp3) is 0.211. The molecular weight excluding hydrogens is 332 g/mol. The number of carbonyl (C=O) groups is 1. The molecule has 1 amide bonds. The predicted octanol–water partition coefficient (Wildman–Crippen LogP) is 3.05. The van der Waals surface area contributed by atoms with E-state index < -0.39 is 0 Å². The van der Waals surface area contributed by atoms with Gasteiger partial charge in [-0.25, -0.2) is 9.50 Å². The lowest BCUT2D eigenvalue weighted by molar-refractivity contribution is -0.123. The van der Waals surface area contributed by atoms with Crippen molar-refractivity contribution in [3.63, 3.8) is 0 Å². The van der Waals surface area contributed by atoms with Crippen molar-refractivity contribution in [3.05, 3.63) is 48.7 Å². The van der Waals surface area contributed by atoms with Gasteiger partial charge < -0.3 is 14.5 Å². The first-order chi connectivity index (χ1) is 12.6. The van der Waals surface area contributed by atoms with Crippen molar-refractivity contribution in [3.8, 4) is 17.3 Å². The highest BCUT2D eigenvalue weighted by Gasteiger charge is 2.13. The summed E-state index contributed by atoms with van der Waals surface area (Å²) in [7, 11) is 0. The third-order valence-electron chi connectivity index (χ3n) is 3.82. The quantitative estimate of drug-likeness (QED) is 0.598. The minimum Gasteiger partial charge on any atom is -0.467 e. The standard InChI is InChI=1S/C19H18N4O3/c1-12(2)21-18(24)11-25-19-8-7-17-20-10-14(23(17)22-19)16-9-13-5-3-4-6-15(13)26-16/h3-10,12H,11H2,1-2H3,(H,21,24). The van der Waals surface area contributed by atoms with Crippen LogP contribution < -0.4 is 10.1 Å². The lowest BCUT2D eigenvalue weighted by atomic mass is 10.2. The Hall–Kier alpha value is -3.35. The number of ether oxygens (including phenoxy) is 1. The third kappa shape index (κ3) is 3.11. The van der Waals surface area contributed by atoms with Crippen molar-refractivity contribution in [2.45, 2.75) is 19.9 Å². The minimum atomic E-state index is -0.190. The second-order valence-corrected chi connectivity index (χ2v) is 6.24. The number of hydrogen-bond donors (Lipinski definition) is 1. The summed E-state index contributed by atoms with van der Waals surface area (Å²) in [6.45, 7) is 3.70. The first-order valence-corrected chi connectivity index (χ1v) is 8.36. The van der Waals surface area contributed by atoms with Crippen LogP contribution in [0, 0.1) is 0 Å². The van der Waals surface area contributed by atoms with E-state index in [1.54, 1.807) is 22.8 Å². The molecular formula is C19H18N4O3. The summed E-state index contributed by atoms with van der Waals surface area (Å²) in [5.41, 5.74) is 2.18. The number of furan rings is 1. The minimum absolute atomic E-state index is 0.0647. The molecule has 0 aliphatic carbocycles. The topological polar surface area (TPSA) is 81.7 Å². The van der Waals surface area contributed by atoms with E-state index in [2.05, 4.69) is 15.4 Å². The zero-order valence-electron chi connectivity index (χ0n) is 14.5. The summed E-state index contributed by atoms with van der Waals surface area (Å²) in [5.74, 6) is 0.817. The lowest BCUT2D eigenvalue weighted by Crippen LogP contribution is -2.34. The molecule has 3 heterocycles. The molecule has 0 fully saturated rings. The number of amides is 1. The van der Waals surface area contributed by atoms with Gasteiger partial charge in [0.15, 0.2) is 18.0 Å². The Kier molecular flexibility index (Phi) is 4.04. The third-order valence-corrected chi connectivity index (χ3v) is 3.82. The Morgan fingerprint density at radius 1 is 1.27 bits per heavy atom. The normalized spacial score (nSPS) is 11.3.